The van der Waals surface area contributed by atoms with Crippen LogP contribution in [-0.4, -0.2) is 19.5 Å². The lowest BCUT2D eigenvalue weighted by atomic mass is 9.66. The number of nitrogens with zero attached hydrogens (tertiary/aromatic N) is 4. The molecule has 0 fully saturated rings. The highest BCUT2D eigenvalue weighted by Gasteiger charge is 2.48. The van der Waals surface area contributed by atoms with Crippen LogP contribution in [0.2, 0.25) is 0 Å². The zero-order valence-electron chi connectivity index (χ0n) is 27.9. The molecule has 2 aliphatic rings. The minimum Gasteiger partial charge on any atom is -0.277 e. The third kappa shape index (κ3) is 4.30. The summed E-state index contributed by atoms with van der Waals surface area (Å²) in [5.74, 6) is 1.84. The normalized spacial score (nSPS) is 17.4. The first kappa shape index (κ1) is 29.3. The fourth-order valence-corrected chi connectivity index (χ4v) is 8.36. The minimum atomic E-state index is -0.593. The smallest absolute Gasteiger partial charge is 0.238 e. The van der Waals surface area contributed by atoms with Gasteiger partial charge in [0.2, 0.25) is 5.95 Å². The molecule has 4 nitrogen and oxygen atoms in total. The highest BCUT2D eigenvalue weighted by atomic mass is 15.2. The molecule has 0 N–H and O–H groups in total. The van der Waals surface area contributed by atoms with Crippen molar-refractivity contribution in [2.75, 3.05) is 0 Å². The van der Waals surface area contributed by atoms with Crippen LogP contribution in [0.5, 0.6) is 0 Å². The van der Waals surface area contributed by atoms with Crippen molar-refractivity contribution in [3.63, 3.8) is 0 Å². The van der Waals surface area contributed by atoms with E-state index >= 15 is 0 Å². The Morgan fingerprint density at radius 2 is 1.20 bits per heavy atom. The van der Waals surface area contributed by atoms with Crippen LogP contribution < -0.4 is 0 Å². The number of fused-ring (bicyclic) bond motifs is 11. The van der Waals surface area contributed by atoms with Crippen LogP contribution in [0.3, 0.4) is 0 Å². The first-order valence-electron chi connectivity index (χ1n) is 17.4. The van der Waals surface area contributed by atoms with E-state index in [0.717, 1.165) is 44.9 Å². The zero-order valence-corrected chi connectivity index (χ0v) is 27.9. The van der Waals surface area contributed by atoms with Gasteiger partial charge in [-0.3, -0.25) is 4.57 Å². The molecule has 0 saturated heterocycles. The van der Waals surface area contributed by atoms with Crippen molar-refractivity contribution in [3.8, 4) is 39.9 Å². The van der Waals surface area contributed by atoms with Crippen LogP contribution >= 0.6 is 0 Å². The van der Waals surface area contributed by atoms with Gasteiger partial charge in [0.1, 0.15) is 0 Å². The lowest BCUT2D eigenvalue weighted by molar-refractivity contribution is 0.760. The van der Waals surface area contributed by atoms with Crippen LogP contribution in [0, 0.1) is 0 Å². The molecule has 0 saturated carbocycles. The van der Waals surface area contributed by atoms with Crippen LogP contribution in [0.1, 0.15) is 22.3 Å². The number of hydrogen-bond donors (Lipinski definition) is 0. The molecule has 1 atom stereocenters. The average molecular weight is 653 g/mol. The molecule has 2 heterocycles. The average Bonchev–Trinajstić information content (AvgIpc) is 3.71. The molecule has 0 bridgehead atoms. The molecule has 240 valence electrons. The molecule has 2 aliphatic carbocycles. The molecule has 0 radical (unpaired) electrons. The third-order valence-electron chi connectivity index (χ3n) is 10.5. The van der Waals surface area contributed by atoms with Gasteiger partial charge in [-0.05, 0) is 45.9 Å². The first-order valence-corrected chi connectivity index (χ1v) is 17.4. The lowest BCUT2D eigenvalue weighted by Crippen LogP contribution is -2.29. The van der Waals surface area contributed by atoms with E-state index in [1.54, 1.807) is 0 Å². The Bertz CT molecular complexity index is 2680. The van der Waals surface area contributed by atoms with Crippen molar-refractivity contribution < 1.29 is 0 Å². The van der Waals surface area contributed by atoms with Gasteiger partial charge in [0.15, 0.2) is 11.6 Å². The molecular weight excluding hydrogens is 621 g/mol. The van der Waals surface area contributed by atoms with E-state index in [1.807, 2.05) is 36.4 Å². The lowest BCUT2D eigenvalue weighted by Gasteiger charge is -2.35. The second-order valence-corrected chi connectivity index (χ2v) is 13.2. The topological polar surface area (TPSA) is 43.6 Å². The van der Waals surface area contributed by atoms with Gasteiger partial charge in [0.25, 0.3) is 0 Å². The van der Waals surface area contributed by atoms with Crippen molar-refractivity contribution in [2.24, 2.45) is 0 Å². The predicted octanol–water partition coefficient (Wildman–Crippen LogP) is 10.8. The molecule has 4 heteroatoms. The standard InChI is InChI=1S/C47H32N4/c1-31-17-5-2-6-18-32-19-11-14-26-38(32)47(31)39-27-15-12-25-37(39)42-40(47)30-29-36-35-24-13-16-28-41(35)51(43(36)42)46-49-44(33-20-7-3-8-21-33)48-45(50-46)34-22-9-4-10-23-34/h2-17,19-30H,1,18H2/b6-2-,17-5-. The Morgan fingerprint density at radius 3 is 1.96 bits per heavy atom. The van der Waals surface area contributed by atoms with Crippen molar-refractivity contribution in [1.29, 1.82) is 0 Å². The van der Waals surface area contributed by atoms with Crippen molar-refractivity contribution in [1.82, 2.24) is 19.5 Å². The summed E-state index contributed by atoms with van der Waals surface area (Å²) in [6.45, 7) is 4.82. The van der Waals surface area contributed by atoms with Gasteiger partial charge >= 0.3 is 0 Å². The zero-order chi connectivity index (χ0) is 33.9. The van der Waals surface area contributed by atoms with Crippen molar-refractivity contribution in [2.45, 2.75) is 11.8 Å². The molecule has 51 heavy (non-hydrogen) atoms. The number of aromatic nitrogens is 4. The van der Waals surface area contributed by atoms with Gasteiger partial charge in [-0.1, -0.05) is 170 Å². The largest absolute Gasteiger partial charge is 0.277 e. The number of rotatable bonds is 3. The first-order chi connectivity index (χ1) is 25.2. The van der Waals surface area contributed by atoms with E-state index in [0.29, 0.717) is 17.6 Å². The summed E-state index contributed by atoms with van der Waals surface area (Å²) in [5.41, 5.74) is 11.8. The summed E-state index contributed by atoms with van der Waals surface area (Å²) in [4.78, 5) is 15.5. The Morgan fingerprint density at radius 1 is 0.549 bits per heavy atom. The van der Waals surface area contributed by atoms with E-state index in [9.17, 15) is 0 Å². The summed E-state index contributed by atoms with van der Waals surface area (Å²) in [6.07, 6.45) is 9.53. The Hall–Kier alpha value is -6.65. The minimum absolute atomic E-state index is 0.582. The summed E-state index contributed by atoms with van der Waals surface area (Å²) >= 11 is 0. The molecule has 0 amide bonds. The van der Waals surface area contributed by atoms with E-state index in [1.165, 1.54) is 33.4 Å². The summed E-state index contributed by atoms with van der Waals surface area (Å²) in [7, 11) is 0. The van der Waals surface area contributed by atoms with Gasteiger partial charge in [0, 0.05) is 27.5 Å². The molecule has 2 aromatic heterocycles. The predicted molar refractivity (Wildman–Crippen MR) is 208 cm³/mol. The SMILES string of the molecule is C=C1/C=C\C=C/Cc2ccccc2C12c1ccccc1-c1c2ccc2c3ccccc3n(-c3nc(-c4ccccc4)nc(-c4ccccc4)n3)c12. The second-order valence-electron chi connectivity index (χ2n) is 13.2. The van der Waals surface area contributed by atoms with E-state index in [4.69, 9.17) is 21.5 Å². The number of hydrogen-bond acceptors (Lipinski definition) is 3. The van der Waals surface area contributed by atoms with Gasteiger partial charge < -0.3 is 0 Å². The number of allylic oxidation sites excluding steroid dienone is 5. The van der Waals surface area contributed by atoms with Gasteiger partial charge in [-0.25, -0.2) is 4.98 Å². The monoisotopic (exact) mass is 652 g/mol. The number of benzene rings is 6. The molecule has 1 unspecified atom stereocenters. The summed E-state index contributed by atoms with van der Waals surface area (Å²) < 4.78 is 2.26. The Balaban J connectivity index is 1.36. The molecule has 8 aromatic rings. The number of para-hydroxylation sites is 1. The molecular formula is C47H32N4. The molecule has 6 aromatic carbocycles. The van der Waals surface area contributed by atoms with Crippen LogP contribution in [0.15, 0.2) is 182 Å². The third-order valence-corrected chi connectivity index (χ3v) is 10.5. The maximum absolute atomic E-state index is 5.25. The fourth-order valence-electron chi connectivity index (χ4n) is 8.36. The fraction of sp³-hybridized carbons (Fsp3) is 0.0426. The van der Waals surface area contributed by atoms with Gasteiger partial charge in [-0.15, -0.1) is 0 Å². The van der Waals surface area contributed by atoms with Crippen molar-refractivity contribution in [3.05, 3.63) is 204 Å². The second kappa shape index (κ2) is 11.5. The highest BCUT2D eigenvalue weighted by molar-refractivity contribution is 6.16. The van der Waals surface area contributed by atoms with E-state index in [-0.39, 0.29) is 0 Å². The Labute approximate surface area is 296 Å². The van der Waals surface area contributed by atoms with Crippen LogP contribution in [0.4, 0.5) is 0 Å². The van der Waals surface area contributed by atoms with Crippen LogP contribution in [0.25, 0.3) is 61.7 Å². The van der Waals surface area contributed by atoms with Crippen LogP contribution in [-0.2, 0) is 11.8 Å². The van der Waals surface area contributed by atoms with E-state index < -0.39 is 5.41 Å². The highest BCUT2D eigenvalue weighted by Crippen LogP contribution is 2.59. The summed E-state index contributed by atoms with van der Waals surface area (Å²) in [5, 5.41) is 2.30. The Kier molecular flexibility index (Phi) is 6.58. The quantitative estimate of drug-likeness (QED) is 0.191. The van der Waals surface area contributed by atoms with Crippen molar-refractivity contribution >= 4 is 21.8 Å². The van der Waals surface area contributed by atoms with Gasteiger partial charge in [0.05, 0.1) is 16.4 Å². The molecule has 1 spiro atoms. The molecule has 0 aliphatic heterocycles. The van der Waals surface area contributed by atoms with Gasteiger partial charge in [-0.2, -0.15) is 9.97 Å². The van der Waals surface area contributed by atoms with E-state index in [2.05, 4.69) is 138 Å². The molecule has 10 rings (SSSR count). The summed E-state index contributed by atoms with van der Waals surface area (Å²) in [6, 6.07) is 51.3. The maximum Gasteiger partial charge on any atom is 0.238 e. The maximum atomic E-state index is 5.25.